The Morgan fingerprint density at radius 1 is 0.780 bits per heavy atom. The van der Waals surface area contributed by atoms with Crippen LogP contribution < -0.4 is 32.3 Å². The summed E-state index contributed by atoms with van der Waals surface area (Å²) >= 11 is 1.54. The van der Waals surface area contributed by atoms with E-state index in [2.05, 4.69) is 26.6 Å². The second-order valence-electron chi connectivity index (χ2n) is 9.24. The van der Waals surface area contributed by atoms with Gasteiger partial charge in [-0.3, -0.25) is 24.0 Å². The van der Waals surface area contributed by atoms with Crippen LogP contribution in [-0.2, 0) is 36.8 Å². The SMILES string of the molecule is CNC(=O)[C@H](CCSC)NC(=O)[C@H](Cc1ccccc1)NC(=O)CNC(=O)CNC(=O)[C@@H](N)Cc1ccc(O)cc1. The van der Waals surface area contributed by atoms with Crippen LogP contribution in [0.2, 0.25) is 0 Å². The number of amides is 5. The lowest BCUT2D eigenvalue weighted by Crippen LogP contribution is -2.55. The van der Waals surface area contributed by atoms with Crippen LogP contribution in [-0.4, -0.2) is 84.9 Å². The molecule has 0 saturated heterocycles. The van der Waals surface area contributed by atoms with Crippen molar-refractivity contribution in [1.82, 2.24) is 26.6 Å². The number of hydrogen-bond donors (Lipinski definition) is 7. The highest BCUT2D eigenvalue weighted by Gasteiger charge is 2.26. The van der Waals surface area contributed by atoms with Crippen LogP contribution >= 0.6 is 11.8 Å². The Hall–Kier alpha value is -4.10. The topological polar surface area (TPSA) is 192 Å². The molecule has 0 aliphatic carbocycles. The van der Waals surface area contributed by atoms with Crippen LogP contribution in [0.1, 0.15) is 17.5 Å². The minimum atomic E-state index is -0.999. The molecular weight excluding hydrogens is 548 g/mol. The molecule has 8 N–H and O–H groups in total. The Balaban J connectivity index is 1.90. The number of rotatable bonds is 16. The van der Waals surface area contributed by atoms with Gasteiger partial charge in [-0.2, -0.15) is 11.8 Å². The Labute approximate surface area is 243 Å². The average molecular weight is 587 g/mol. The van der Waals surface area contributed by atoms with Crippen LogP contribution in [0.3, 0.4) is 0 Å². The Morgan fingerprint density at radius 2 is 1.41 bits per heavy atom. The van der Waals surface area contributed by atoms with Crippen LogP contribution in [0.25, 0.3) is 0 Å². The van der Waals surface area contributed by atoms with Gasteiger partial charge in [0.2, 0.25) is 29.5 Å². The third kappa shape index (κ3) is 12.3. The number of hydrogen-bond acceptors (Lipinski definition) is 8. The van der Waals surface area contributed by atoms with Gasteiger partial charge in [0.05, 0.1) is 19.1 Å². The maximum absolute atomic E-state index is 13.1. The molecule has 0 aromatic heterocycles. The molecule has 2 aromatic carbocycles. The predicted molar refractivity (Wildman–Crippen MR) is 157 cm³/mol. The molecule has 0 unspecified atom stereocenters. The van der Waals surface area contributed by atoms with Crippen LogP contribution in [0.15, 0.2) is 54.6 Å². The minimum absolute atomic E-state index is 0.0961. The molecule has 5 amide bonds. The molecule has 0 spiro atoms. The Morgan fingerprint density at radius 3 is 2.05 bits per heavy atom. The van der Waals surface area contributed by atoms with Gasteiger partial charge in [0.15, 0.2) is 0 Å². The van der Waals surface area contributed by atoms with Gasteiger partial charge in [0.25, 0.3) is 0 Å². The van der Waals surface area contributed by atoms with Crippen molar-refractivity contribution in [2.45, 2.75) is 37.4 Å². The number of nitrogens with one attached hydrogen (secondary N) is 5. The van der Waals surface area contributed by atoms with Crippen molar-refractivity contribution >= 4 is 41.3 Å². The van der Waals surface area contributed by atoms with Gasteiger partial charge in [0, 0.05) is 13.5 Å². The van der Waals surface area contributed by atoms with Crippen molar-refractivity contribution in [3.05, 3.63) is 65.7 Å². The van der Waals surface area contributed by atoms with E-state index in [0.29, 0.717) is 12.2 Å². The van der Waals surface area contributed by atoms with Gasteiger partial charge in [-0.15, -0.1) is 0 Å². The smallest absolute Gasteiger partial charge is 0.243 e. The summed E-state index contributed by atoms with van der Waals surface area (Å²) in [6, 6.07) is 12.6. The number of aromatic hydroxyl groups is 1. The fourth-order valence-corrected chi connectivity index (χ4v) is 4.25. The maximum atomic E-state index is 13.1. The summed E-state index contributed by atoms with van der Waals surface area (Å²) in [5.41, 5.74) is 7.43. The number of phenolic OH excluding ortho intramolecular Hbond substituents is 1. The van der Waals surface area contributed by atoms with Gasteiger partial charge in [0.1, 0.15) is 17.8 Å². The molecule has 3 atom stereocenters. The summed E-state index contributed by atoms with van der Waals surface area (Å²) in [6.07, 6.45) is 2.69. The molecule has 2 aromatic rings. The minimum Gasteiger partial charge on any atom is -0.508 e. The molecular formula is C28H38N6O6S. The number of benzene rings is 2. The van der Waals surface area contributed by atoms with Crippen molar-refractivity contribution in [2.75, 3.05) is 32.1 Å². The number of carbonyl (C=O) groups excluding carboxylic acids is 5. The molecule has 0 radical (unpaired) electrons. The zero-order valence-electron chi connectivity index (χ0n) is 23.1. The number of carbonyl (C=O) groups is 5. The molecule has 12 nitrogen and oxygen atoms in total. The lowest BCUT2D eigenvalue weighted by molar-refractivity contribution is -0.132. The number of nitrogens with two attached hydrogens (primary N) is 1. The van der Waals surface area contributed by atoms with E-state index in [1.54, 1.807) is 23.9 Å². The number of phenols is 1. The fraction of sp³-hybridized carbons (Fsp3) is 0.393. The zero-order chi connectivity index (χ0) is 30.2. The average Bonchev–Trinajstić information content (AvgIpc) is 2.97. The first kappa shape index (κ1) is 33.1. The van der Waals surface area contributed by atoms with Crippen molar-refractivity contribution in [1.29, 1.82) is 0 Å². The summed E-state index contributed by atoms with van der Waals surface area (Å²) in [7, 11) is 1.48. The maximum Gasteiger partial charge on any atom is 0.243 e. The molecule has 0 fully saturated rings. The molecule has 0 aliphatic rings. The third-order valence-corrected chi connectivity index (χ3v) is 6.67. The lowest BCUT2D eigenvalue weighted by Gasteiger charge is -2.23. The molecule has 0 bridgehead atoms. The molecule has 0 heterocycles. The summed E-state index contributed by atoms with van der Waals surface area (Å²) < 4.78 is 0. The monoisotopic (exact) mass is 586 g/mol. The molecule has 13 heteroatoms. The van der Waals surface area contributed by atoms with Crippen molar-refractivity contribution in [3.8, 4) is 5.75 Å². The van der Waals surface area contributed by atoms with E-state index in [4.69, 9.17) is 5.73 Å². The number of thioether (sulfide) groups is 1. The Kier molecular flexibility index (Phi) is 14.2. The van der Waals surface area contributed by atoms with E-state index >= 15 is 0 Å². The van der Waals surface area contributed by atoms with Crippen LogP contribution in [0.5, 0.6) is 5.75 Å². The zero-order valence-corrected chi connectivity index (χ0v) is 24.0. The molecule has 0 aliphatic heterocycles. The van der Waals surface area contributed by atoms with Crippen molar-refractivity contribution in [3.63, 3.8) is 0 Å². The van der Waals surface area contributed by atoms with Gasteiger partial charge in [-0.25, -0.2) is 0 Å². The summed E-state index contributed by atoms with van der Waals surface area (Å²) in [6.45, 7) is -0.829. The lowest BCUT2D eigenvalue weighted by atomic mass is 10.0. The first-order valence-corrected chi connectivity index (χ1v) is 14.4. The third-order valence-electron chi connectivity index (χ3n) is 6.02. The standard InChI is InChI=1S/C28H38N6O6S/c1-30-27(39)22(12-13-41-2)34-28(40)23(15-18-6-4-3-5-7-18)33-25(37)17-31-24(36)16-32-26(38)21(29)14-19-8-10-20(35)11-9-19/h3-11,21-23,35H,12-17,29H2,1-2H3,(H,30,39)(H,31,36)(H,32,38)(H,33,37)(H,34,40)/t21-,22-,23-/m0/s1. The van der Waals surface area contributed by atoms with Gasteiger partial charge in [-0.05, 0) is 48.1 Å². The highest BCUT2D eigenvalue weighted by atomic mass is 32.2. The molecule has 2 rings (SSSR count). The van der Waals surface area contributed by atoms with Crippen molar-refractivity contribution < 1.29 is 29.1 Å². The van der Waals surface area contributed by atoms with E-state index in [0.717, 1.165) is 11.1 Å². The largest absolute Gasteiger partial charge is 0.508 e. The molecule has 0 saturated carbocycles. The van der Waals surface area contributed by atoms with Crippen LogP contribution in [0, 0.1) is 0 Å². The first-order chi connectivity index (χ1) is 19.6. The molecule has 41 heavy (non-hydrogen) atoms. The normalized spacial score (nSPS) is 12.8. The number of likely N-dealkylation sites (N-methyl/N-ethyl adjacent to an activating group) is 1. The van der Waals surface area contributed by atoms with E-state index in [9.17, 15) is 29.1 Å². The predicted octanol–water partition coefficient (Wildman–Crippen LogP) is -0.794. The van der Waals surface area contributed by atoms with Gasteiger partial charge in [-0.1, -0.05) is 42.5 Å². The van der Waals surface area contributed by atoms with E-state index in [1.807, 2.05) is 36.6 Å². The van der Waals surface area contributed by atoms with E-state index in [1.165, 1.54) is 19.2 Å². The molecule has 222 valence electrons. The highest BCUT2D eigenvalue weighted by molar-refractivity contribution is 7.98. The van der Waals surface area contributed by atoms with Crippen LogP contribution in [0.4, 0.5) is 0 Å². The summed E-state index contributed by atoms with van der Waals surface area (Å²) in [5.74, 6) is -1.91. The second kappa shape index (κ2) is 17.6. The quantitative estimate of drug-likeness (QED) is 0.133. The highest BCUT2D eigenvalue weighted by Crippen LogP contribution is 2.11. The summed E-state index contributed by atoms with van der Waals surface area (Å²) in [5, 5.41) is 22.1. The second-order valence-corrected chi connectivity index (χ2v) is 10.2. The summed E-state index contributed by atoms with van der Waals surface area (Å²) in [4.78, 5) is 62.6. The first-order valence-electron chi connectivity index (χ1n) is 13.0. The van der Waals surface area contributed by atoms with E-state index in [-0.39, 0.29) is 24.5 Å². The Bertz CT molecular complexity index is 1160. The van der Waals surface area contributed by atoms with Gasteiger partial charge < -0.3 is 37.4 Å². The van der Waals surface area contributed by atoms with Gasteiger partial charge >= 0.3 is 0 Å². The van der Waals surface area contributed by atoms with E-state index < -0.39 is 54.8 Å². The van der Waals surface area contributed by atoms with Crippen molar-refractivity contribution in [2.24, 2.45) is 5.73 Å². The fourth-order valence-electron chi connectivity index (χ4n) is 3.77.